The van der Waals surface area contributed by atoms with Gasteiger partial charge in [-0.3, -0.25) is 0 Å². The van der Waals surface area contributed by atoms with Crippen LogP contribution < -0.4 is 0 Å². The molecule has 32 heavy (non-hydrogen) atoms. The third-order valence-electron chi connectivity index (χ3n) is 6.25. The molecule has 0 aromatic heterocycles. The lowest BCUT2D eigenvalue weighted by Gasteiger charge is -2.41. The summed E-state index contributed by atoms with van der Waals surface area (Å²) in [6, 6.07) is 0. The van der Waals surface area contributed by atoms with Gasteiger partial charge in [-0.25, -0.2) is 0 Å². The van der Waals surface area contributed by atoms with E-state index in [1.807, 2.05) is 19.9 Å². The molecule has 186 valence electrons. The first-order valence-electron chi connectivity index (χ1n) is 12.6. The van der Waals surface area contributed by atoms with E-state index in [4.69, 9.17) is 13.9 Å². The van der Waals surface area contributed by atoms with Crippen molar-refractivity contribution in [2.24, 2.45) is 5.92 Å². The largest absolute Gasteiger partial charge is 0.410 e. The molecular formula is C28H52O3Si. The highest BCUT2D eigenvalue weighted by atomic mass is 28.4. The molecular weight excluding hydrogens is 412 g/mol. The summed E-state index contributed by atoms with van der Waals surface area (Å²) in [5.41, 5.74) is 0. The Morgan fingerprint density at radius 3 is 2.19 bits per heavy atom. The van der Waals surface area contributed by atoms with E-state index < -0.39 is 8.32 Å². The SMILES string of the molecule is C=CC[C@H](OC(C)OCC)[C@@H](C)[C@H](\C=C/C=C\C=C\CCCCC)O[Si](C)(C)C(C)(C)C. The van der Waals surface area contributed by atoms with Crippen molar-refractivity contribution in [2.45, 2.75) is 117 Å². The number of hydrogen-bond acceptors (Lipinski definition) is 3. The van der Waals surface area contributed by atoms with Gasteiger partial charge in [0, 0.05) is 12.5 Å². The topological polar surface area (TPSA) is 27.7 Å². The number of hydrogen-bond donors (Lipinski definition) is 0. The second-order valence-electron chi connectivity index (χ2n) is 10.1. The van der Waals surface area contributed by atoms with Crippen molar-refractivity contribution in [3.05, 3.63) is 49.1 Å². The van der Waals surface area contributed by atoms with Crippen molar-refractivity contribution in [3.63, 3.8) is 0 Å². The molecule has 0 aromatic rings. The van der Waals surface area contributed by atoms with E-state index in [-0.39, 0.29) is 29.5 Å². The molecule has 0 saturated carbocycles. The minimum Gasteiger partial charge on any atom is -0.410 e. The van der Waals surface area contributed by atoms with Gasteiger partial charge in [-0.05, 0) is 51.2 Å². The van der Waals surface area contributed by atoms with Crippen LogP contribution in [0, 0.1) is 5.92 Å². The van der Waals surface area contributed by atoms with Gasteiger partial charge in [-0.15, -0.1) is 6.58 Å². The number of unbranched alkanes of at least 4 members (excludes halogenated alkanes) is 3. The van der Waals surface area contributed by atoms with E-state index in [9.17, 15) is 0 Å². The zero-order chi connectivity index (χ0) is 24.6. The second kappa shape index (κ2) is 16.6. The smallest absolute Gasteiger partial charge is 0.192 e. The van der Waals surface area contributed by atoms with E-state index >= 15 is 0 Å². The van der Waals surface area contributed by atoms with Crippen LogP contribution in [0.4, 0.5) is 0 Å². The second-order valence-corrected chi connectivity index (χ2v) is 14.9. The average molecular weight is 465 g/mol. The summed E-state index contributed by atoms with van der Waals surface area (Å²) in [5.74, 6) is 0.166. The number of allylic oxidation sites excluding steroid dienone is 5. The van der Waals surface area contributed by atoms with Gasteiger partial charge in [0.1, 0.15) is 0 Å². The van der Waals surface area contributed by atoms with E-state index in [1.165, 1.54) is 19.3 Å². The van der Waals surface area contributed by atoms with Crippen LogP contribution in [-0.4, -0.2) is 33.4 Å². The van der Waals surface area contributed by atoms with Crippen LogP contribution in [0.1, 0.15) is 80.6 Å². The first kappa shape index (κ1) is 31.1. The Morgan fingerprint density at radius 2 is 1.62 bits per heavy atom. The van der Waals surface area contributed by atoms with E-state index in [1.54, 1.807) is 0 Å². The van der Waals surface area contributed by atoms with Crippen molar-refractivity contribution in [3.8, 4) is 0 Å². The Morgan fingerprint density at radius 1 is 0.969 bits per heavy atom. The van der Waals surface area contributed by atoms with Crippen LogP contribution in [0.2, 0.25) is 18.1 Å². The Kier molecular flexibility index (Phi) is 16.1. The molecule has 0 aliphatic carbocycles. The van der Waals surface area contributed by atoms with E-state index in [0.717, 1.165) is 12.8 Å². The third-order valence-corrected chi connectivity index (χ3v) is 10.7. The molecule has 4 atom stereocenters. The van der Waals surface area contributed by atoms with Gasteiger partial charge in [0.05, 0.1) is 12.2 Å². The van der Waals surface area contributed by atoms with Crippen LogP contribution in [0.15, 0.2) is 49.1 Å². The van der Waals surface area contributed by atoms with Gasteiger partial charge >= 0.3 is 0 Å². The Labute approximate surface area is 201 Å². The predicted octanol–water partition coefficient (Wildman–Crippen LogP) is 8.61. The van der Waals surface area contributed by atoms with Gasteiger partial charge in [-0.1, -0.05) is 90.0 Å². The maximum Gasteiger partial charge on any atom is 0.192 e. The van der Waals surface area contributed by atoms with Crippen molar-refractivity contribution in [2.75, 3.05) is 6.61 Å². The summed E-state index contributed by atoms with van der Waals surface area (Å²) < 4.78 is 18.7. The lowest BCUT2D eigenvalue weighted by molar-refractivity contribution is -0.173. The average Bonchev–Trinajstić information content (AvgIpc) is 2.70. The summed E-state index contributed by atoms with van der Waals surface area (Å²) >= 11 is 0. The molecule has 0 saturated heterocycles. The third kappa shape index (κ3) is 12.9. The molecule has 1 unspecified atom stereocenters. The maximum absolute atomic E-state index is 6.85. The highest BCUT2D eigenvalue weighted by molar-refractivity contribution is 6.74. The first-order valence-corrected chi connectivity index (χ1v) is 15.5. The minimum atomic E-state index is -1.95. The first-order chi connectivity index (χ1) is 15.0. The number of rotatable bonds is 17. The summed E-state index contributed by atoms with van der Waals surface area (Å²) in [4.78, 5) is 0. The van der Waals surface area contributed by atoms with Crippen LogP contribution in [0.3, 0.4) is 0 Å². The van der Waals surface area contributed by atoms with Crippen LogP contribution in [-0.2, 0) is 13.9 Å². The lowest BCUT2D eigenvalue weighted by atomic mass is 9.95. The Hall–Kier alpha value is -0.943. The molecule has 0 amide bonds. The quantitative estimate of drug-likeness (QED) is 0.0709. The van der Waals surface area contributed by atoms with Gasteiger partial charge in [0.15, 0.2) is 14.6 Å². The molecule has 0 aliphatic heterocycles. The summed E-state index contributed by atoms with van der Waals surface area (Å²) in [7, 11) is -1.95. The Balaban J connectivity index is 5.45. The van der Waals surface area contributed by atoms with Gasteiger partial charge in [-0.2, -0.15) is 0 Å². The molecule has 0 spiro atoms. The maximum atomic E-state index is 6.85. The molecule has 0 rings (SSSR count). The monoisotopic (exact) mass is 464 g/mol. The Bertz CT molecular complexity index is 572. The highest BCUT2D eigenvalue weighted by Crippen LogP contribution is 2.39. The zero-order valence-corrected chi connectivity index (χ0v) is 23.5. The van der Waals surface area contributed by atoms with Crippen molar-refractivity contribution in [1.29, 1.82) is 0 Å². The molecule has 0 heterocycles. The fourth-order valence-electron chi connectivity index (χ4n) is 3.12. The zero-order valence-electron chi connectivity index (χ0n) is 22.5. The van der Waals surface area contributed by atoms with Gasteiger partial charge < -0.3 is 13.9 Å². The molecule has 0 bridgehead atoms. The van der Waals surface area contributed by atoms with Gasteiger partial charge in [0.2, 0.25) is 0 Å². The molecule has 0 aliphatic rings. The van der Waals surface area contributed by atoms with Crippen LogP contribution >= 0.6 is 0 Å². The molecule has 0 radical (unpaired) electrons. The summed E-state index contributed by atoms with van der Waals surface area (Å²) in [6.07, 6.45) is 20.3. The van der Waals surface area contributed by atoms with Crippen molar-refractivity contribution < 1.29 is 13.9 Å². The van der Waals surface area contributed by atoms with Crippen LogP contribution in [0.5, 0.6) is 0 Å². The normalized spacial score (nSPS) is 17.3. The highest BCUT2D eigenvalue weighted by Gasteiger charge is 2.40. The minimum absolute atomic E-state index is 0.0177. The van der Waals surface area contributed by atoms with Gasteiger partial charge in [0.25, 0.3) is 0 Å². The van der Waals surface area contributed by atoms with Crippen molar-refractivity contribution in [1.82, 2.24) is 0 Å². The van der Waals surface area contributed by atoms with E-state index in [0.29, 0.717) is 6.61 Å². The van der Waals surface area contributed by atoms with Crippen LogP contribution in [0.25, 0.3) is 0 Å². The molecule has 0 fully saturated rings. The summed E-state index contributed by atoms with van der Waals surface area (Å²) in [5, 5.41) is 0.142. The number of ether oxygens (including phenoxy) is 2. The molecule has 0 N–H and O–H groups in total. The van der Waals surface area contributed by atoms with E-state index in [2.05, 4.69) is 90.7 Å². The molecule has 4 heteroatoms. The molecule has 0 aromatic carbocycles. The van der Waals surface area contributed by atoms with Crippen molar-refractivity contribution >= 4 is 8.32 Å². The molecule has 3 nitrogen and oxygen atoms in total. The fraction of sp³-hybridized carbons (Fsp3) is 0.714. The summed E-state index contributed by atoms with van der Waals surface area (Å²) in [6.45, 7) is 24.4. The standard InChI is InChI=1S/C28H52O3Si/c1-11-14-15-16-17-18-19-20-21-23-27(31-32(9,10)28(6,7)8)24(4)26(22-12-2)30-25(5)29-13-3/h12,17-21,23-27H,2,11,13-16,22H2,1,3-10H3/b18-17+,20-19-,23-21-/t24-,25?,26+,27+/m1/s1. The lowest BCUT2D eigenvalue weighted by Crippen LogP contribution is -2.47. The fourth-order valence-corrected chi connectivity index (χ4v) is 4.45. The predicted molar refractivity (Wildman–Crippen MR) is 144 cm³/mol.